The van der Waals surface area contributed by atoms with Gasteiger partial charge in [0.05, 0.1) is 5.60 Å². The van der Waals surface area contributed by atoms with Crippen LogP contribution in [0.3, 0.4) is 0 Å². The van der Waals surface area contributed by atoms with Gasteiger partial charge in [-0.1, -0.05) is 20.3 Å². The van der Waals surface area contributed by atoms with Crippen LogP contribution in [0.25, 0.3) is 0 Å². The van der Waals surface area contributed by atoms with Crippen molar-refractivity contribution in [1.29, 1.82) is 0 Å². The van der Waals surface area contributed by atoms with Crippen molar-refractivity contribution in [2.24, 2.45) is 5.92 Å². The maximum Gasteiger partial charge on any atom is 0.0644 e. The van der Waals surface area contributed by atoms with E-state index in [1.807, 2.05) is 6.92 Å². The molecule has 0 spiro atoms. The Morgan fingerprint density at radius 2 is 1.93 bits per heavy atom. The van der Waals surface area contributed by atoms with E-state index in [0.717, 1.165) is 31.8 Å². The van der Waals surface area contributed by atoms with Gasteiger partial charge >= 0.3 is 0 Å². The number of piperidine rings is 1. The SMILES string of the molecule is CC[C@@H](C)CCCN1CCC(C)(O)CC1. The maximum absolute atomic E-state index is 9.82. The molecule has 90 valence electrons. The topological polar surface area (TPSA) is 23.5 Å². The first-order chi connectivity index (χ1) is 7.03. The Hall–Kier alpha value is -0.0800. The number of aliphatic hydroxyl groups is 1. The summed E-state index contributed by atoms with van der Waals surface area (Å²) >= 11 is 0. The van der Waals surface area contributed by atoms with Gasteiger partial charge in [-0.3, -0.25) is 0 Å². The summed E-state index contributed by atoms with van der Waals surface area (Å²) in [5.41, 5.74) is -0.396. The Labute approximate surface area is 94.7 Å². The molecule has 1 heterocycles. The monoisotopic (exact) mass is 213 g/mol. The van der Waals surface area contributed by atoms with Crippen molar-refractivity contribution in [2.45, 2.75) is 58.5 Å². The van der Waals surface area contributed by atoms with Gasteiger partial charge in [-0.05, 0) is 45.1 Å². The molecule has 0 amide bonds. The standard InChI is InChI=1S/C13H27NO/c1-4-12(2)6-5-9-14-10-7-13(3,15)8-11-14/h12,15H,4-11H2,1-3H3/t12-/m1/s1. The smallest absolute Gasteiger partial charge is 0.0644 e. The van der Waals surface area contributed by atoms with E-state index >= 15 is 0 Å². The Bertz CT molecular complexity index is 169. The predicted octanol–water partition coefficient (Wildman–Crippen LogP) is 2.66. The molecular weight excluding hydrogens is 186 g/mol. The van der Waals surface area contributed by atoms with Crippen molar-refractivity contribution in [3.05, 3.63) is 0 Å². The first-order valence-corrected chi connectivity index (χ1v) is 6.48. The lowest BCUT2D eigenvalue weighted by molar-refractivity contribution is -0.00571. The summed E-state index contributed by atoms with van der Waals surface area (Å²) in [6, 6.07) is 0. The zero-order valence-electron chi connectivity index (χ0n) is 10.6. The molecule has 1 fully saturated rings. The summed E-state index contributed by atoms with van der Waals surface area (Å²) in [5.74, 6) is 0.873. The molecule has 0 saturated carbocycles. The summed E-state index contributed by atoms with van der Waals surface area (Å²) in [7, 11) is 0. The molecule has 0 aromatic heterocycles. The van der Waals surface area contributed by atoms with E-state index in [4.69, 9.17) is 0 Å². The van der Waals surface area contributed by atoms with Crippen molar-refractivity contribution >= 4 is 0 Å². The highest BCUT2D eigenvalue weighted by molar-refractivity contribution is 4.81. The highest BCUT2D eigenvalue weighted by atomic mass is 16.3. The van der Waals surface area contributed by atoms with E-state index < -0.39 is 5.60 Å². The zero-order valence-corrected chi connectivity index (χ0v) is 10.6. The second kappa shape index (κ2) is 5.86. The minimum atomic E-state index is -0.396. The Morgan fingerprint density at radius 1 is 1.33 bits per heavy atom. The van der Waals surface area contributed by atoms with Crippen LogP contribution < -0.4 is 0 Å². The van der Waals surface area contributed by atoms with Crippen LogP contribution in [0.15, 0.2) is 0 Å². The van der Waals surface area contributed by atoms with Gasteiger partial charge < -0.3 is 10.0 Å². The van der Waals surface area contributed by atoms with Crippen LogP contribution in [0, 0.1) is 5.92 Å². The highest BCUT2D eigenvalue weighted by Crippen LogP contribution is 2.21. The molecule has 2 heteroatoms. The minimum absolute atomic E-state index is 0.396. The molecule has 1 atom stereocenters. The van der Waals surface area contributed by atoms with Crippen molar-refractivity contribution in [3.8, 4) is 0 Å². The van der Waals surface area contributed by atoms with Crippen molar-refractivity contribution in [1.82, 2.24) is 4.90 Å². The maximum atomic E-state index is 9.82. The van der Waals surface area contributed by atoms with Crippen LogP contribution in [0.1, 0.15) is 52.9 Å². The van der Waals surface area contributed by atoms with Crippen LogP contribution in [0.5, 0.6) is 0 Å². The summed E-state index contributed by atoms with van der Waals surface area (Å²) < 4.78 is 0. The molecule has 0 bridgehead atoms. The van der Waals surface area contributed by atoms with Crippen molar-refractivity contribution in [3.63, 3.8) is 0 Å². The van der Waals surface area contributed by atoms with Crippen molar-refractivity contribution in [2.75, 3.05) is 19.6 Å². The van der Waals surface area contributed by atoms with Gasteiger partial charge in [-0.15, -0.1) is 0 Å². The first-order valence-electron chi connectivity index (χ1n) is 6.48. The number of likely N-dealkylation sites (tertiary alicyclic amines) is 1. The van der Waals surface area contributed by atoms with Crippen LogP contribution in [-0.4, -0.2) is 35.2 Å². The van der Waals surface area contributed by atoms with E-state index in [2.05, 4.69) is 18.7 Å². The molecule has 0 aliphatic carbocycles. The van der Waals surface area contributed by atoms with Gasteiger partial charge in [0.25, 0.3) is 0 Å². The zero-order chi connectivity index (χ0) is 11.3. The summed E-state index contributed by atoms with van der Waals surface area (Å²) in [6.07, 6.45) is 5.85. The molecule has 1 aliphatic heterocycles. The summed E-state index contributed by atoms with van der Waals surface area (Å²) in [4.78, 5) is 2.50. The average molecular weight is 213 g/mol. The summed E-state index contributed by atoms with van der Waals surface area (Å²) in [6.45, 7) is 9.94. The van der Waals surface area contributed by atoms with Crippen LogP contribution in [0.4, 0.5) is 0 Å². The molecular formula is C13H27NO. The van der Waals surface area contributed by atoms with E-state index in [-0.39, 0.29) is 0 Å². The molecule has 0 aromatic rings. The third-order valence-electron chi connectivity index (χ3n) is 3.80. The largest absolute Gasteiger partial charge is 0.390 e. The third-order valence-corrected chi connectivity index (χ3v) is 3.80. The molecule has 0 radical (unpaired) electrons. The molecule has 15 heavy (non-hydrogen) atoms. The summed E-state index contributed by atoms with van der Waals surface area (Å²) in [5, 5.41) is 9.82. The average Bonchev–Trinajstić information content (AvgIpc) is 2.20. The number of nitrogens with zero attached hydrogens (tertiary/aromatic N) is 1. The molecule has 1 rings (SSSR count). The molecule has 1 saturated heterocycles. The lowest BCUT2D eigenvalue weighted by atomic mass is 9.93. The lowest BCUT2D eigenvalue weighted by Crippen LogP contribution is -2.42. The van der Waals surface area contributed by atoms with Gasteiger partial charge in [0.15, 0.2) is 0 Å². The number of rotatable bonds is 5. The predicted molar refractivity (Wildman–Crippen MR) is 65.0 cm³/mol. The first kappa shape index (κ1) is 13.0. The molecule has 2 nitrogen and oxygen atoms in total. The van der Waals surface area contributed by atoms with Crippen molar-refractivity contribution < 1.29 is 5.11 Å². The fourth-order valence-corrected chi connectivity index (χ4v) is 2.13. The second-order valence-corrected chi connectivity index (χ2v) is 5.49. The van der Waals surface area contributed by atoms with Gasteiger partial charge in [-0.2, -0.15) is 0 Å². The molecule has 0 aromatic carbocycles. The third kappa shape index (κ3) is 4.98. The van der Waals surface area contributed by atoms with Gasteiger partial charge in [0, 0.05) is 13.1 Å². The molecule has 1 N–H and O–H groups in total. The van der Waals surface area contributed by atoms with Crippen LogP contribution in [0.2, 0.25) is 0 Å². The minimum Gasteiger partial charge on any atom is -0.390 e. The lowest BCUT2D eigenvalue weighted by Gasteiger charge is -2.35. The molecule has 0 unspecified atom stereocenters. The highest BCUT2D eigenvalue weighted by Gasteiger charge is 2.26. The molecule has 1 aliphatic rings. The fourth-order valence-electron chi connectivity index (χ4n) is 2.13. The fraction of sp³-hybridized carbons (Fsp3) is 1.00. The normalized spacial score (nSPS) is 24.0. The van der Waals surface area contributed by atoms with Crippen LogP contribution in [-0.2, 0) is 0 Å². The quantitative estimate of drug-likeness (QED) is 0.759. The van der Waals surface area contributed by atoms with Crippen LogP contribution >= 0.6 is 0 Å². The Morgan fingerprint density at radius 3 is 2.47 bits per heavy atom. The Kier molecular flexibility index (Phi) is 5.07. The van der Waals surface area contributed by atoms with Gasteiger partial charge in [-0.25, -0.2) is 0 Å². The van der Waals surface area contributed by atoms with E-state index in [1.54, 1.807) is 0 Å². The Balaban J connectivity index is 2.09. The van der Waals surface area contributed by atoms with E-state index in [0.29, 0.717) is 0 Å². The second-order valence-electron chi connectivity index (χ2n) is 5.49. The van der Waals surface area contributed by atoms with Gasteiger partial charge in [0.1, 0.15) is 0 Å². The van der Waals surface area contributed by atoms with E-state index in [9.17, 15) is 5.11 Å². The van der Waals surface area contributed by atoms with Gasteiger partial charge in [0.2, 0.25) is 0 Å². The van der Waals surface area contributed by atoms with E-state index in [1.165, 1.54) is 25.8 Å². The number of hydrogen-bond donors (Lipinski definition) is 1. The number of hydrogen-bond acceptors (Lipinski definition) is 2.